The first kappa shape index (κ1) is 24.6. The number of hydrogen-bond donors (Lipinski definition) is 2. The van der Waals surface area contributed by atoms with Gasteiger partial charge in [0.2, 0.25) is 11.8 Å². The molecular weight excluding hydrogens is 468 g/mol. The summed E-state index contributed by atoms with van der Waals surface area (Å²) >= 11 is 1.26. The minimum atomic E-state index is -0.303. The molecule has 3 heterocycles. The van der Waals surface area contributed by atoms with Crippen LogP contribution in [0.1, 0.15) is 38.3 Å². The van der Waals surface area contributed by atoms with Crippen molar-refractivity contribution in [3.8, 4) is 5.75 Å². The zero-order chi connectivity index (χ0) is 24.9. The molecule has 1 saturated heterocycles. The molecule has 0 radical (unpaired) electrons. The standard InChI is InChI=1S/C24H30N6O4S/c1-4-25-22(32)17-6-5-11-29(12-17)24-28-21-20(35-24)23(33)30(14-26-21)13-19(31)27-15(2)16-7-9-18(34-3)10-8-16/h7-10,14-15,17H,4-6,11-13H2,1-3H3,(H,25,32)(H,27,31)/t15-,17-/m1/s1. The van der Waals surface area contributed by atoms with Crippen molar-refractivity contribution in [1.29, 1.82) is 0 Å². The Hall–Kier alpha value is -3.47. The molecular formula is C24H30N6O4S. The minimum Gasteiger partial charge on any atom is -0.497 e. The van der Waals surface area contributed by atoms with E-state index in [9.17, 15) is 14.4 Å². The highest BCUT2D eigenvalue weighted by atomic mass is 32.1. The lowest BCUT2D eigenvalue weighted by Crippen LogP contribution is -2.43. The fraction of sp³-hybridized carbons (Fsp3) is 0.458. The Balaban J connectivity index is 1.45. The molecule has 2 aromatic heterocycles. The molecule has 0 saturated carbocycles. The number of nitrogens with zero attached hydrogens (tertiary/aromatic N) is 4. The lowest BCUT2D eigenvalue weighted by Gasteiger charge is -2.31. The summed E-state index contributed by atoms with van der Waals surface area (Å²) in [5.41, 5.74) is 0.987. The highest BCUT2D eigenvalue weighted by Gasteiger charge is 2.27. The van der Waals surface area contributed by atoms with Gasteiger partial charge in [-0.2, -0.15) is 4.98 Å². The highest BCUT2D eigenvalue weighted by molar-refractivity contribution is 7.22. The van der Waals surface area contributed by atoms with Gasteiger partial charge in [0, 0.05) is 19.6 Å². The molecule has 2 amide bonds. The van der Waals surface area contributed by atoms with Crippen molar-refractivity contribution in [3.05, 3.63) is 46.5 Å². The molecule has 0 spiro atoms. The summed E-state index contributed by atoms with van der Waals surface area (Å²) in [6.45, 7) is 5.58. The third kappa shape index (κ3) is 5.61. The number of carbonyl (C=O) groups excluding carboxylic acids is 2. The topological polar surface area (TPSA) is 118 Å². The van der Waals surface area contributed by atoms with Gasteiger partial charge in [0.25, 0.3) is 5.56 Å². The van der Waals surface area contributed by atoms with Crippen LogP contribution in [0.2, 0.25) is 0 Å². The second kappa shape index (κ2) is 10.9. The quantitative estimate of drug-likeness (QED) is 0.488. The van der Waals surface area contributed by atoms with Crippen LogP contribution in [0.15, 0.2) is 35.4 Å². The largest absolute Gasteiger partial charge is 0.497 e. The number of benzene rings is 1. The molecule has 35 heavy (non-hydrogen) atoms. The number of methoxy groups -OCH3 is 1. The van der Waals surface area contributed by atoms with Gasteiger partial charge in [-0.1, -0.05) is 23.5 Å². The fourth-order valence-corrected chi connectivity index (χ4v) is 5.19. The second-order valence-electron chi connectivity index (χ2n) is 8.57. The fourth-order valence-electron chi connectivity index (χ4n) is 4.18. The summed E-state index contributed by atoms with van der Waals surface area (Å²) in [7, 11) is 1.60. The molecule has 1 aliphatic heterocycles. The number of ether oxygens (including phenoxy) is 1. The van der Waals surface area contributed by atoms with Gasteiger partial charge in [-0.3, -0.25) is 19.0 Å². The van der Waals surface area contributed by atoms with Gasteiger partial charge < -0.3 is 20.3 Å². The van der Waals surface area contributed by atoms with Gasteiger partial charge in [-0.05, 0) is 44.4 Å². The molecule has 1 fully saturated rings. The molecule has 2 atom stereocenters. The first-order chi connectivity index (χ1) is 16.9. The SMILES string of the molecule is CCNC(=O)[C@@H]1CCCN(c2nc3ncn(CC(=O)N[C@H](C)c4ccc(OC)cc4)c(=O)c3s2)C1. The summed E-state index contributed by atoms with van der Waals surface area (Å²) in [6.07, 6.45) is 3.07. The maximum absolute atomic E-state index is 13.1. The number of hydrogen-bond acceptors (Lipinski definition) is 8. The zero-order valence-electron chi connectivity index (χ0n) is 20.1. The van der Waals surface area contributed by atoms with Crippen LogP contribution in [0.25, 0.3) is 10.3 Å². The van der Waals surface area contributed by atoms with Gasteiger partial charge in [0.15, 0.2) is 10.8 Å². The van der Waals surface area contributed by atoms with E-state index in [2.05, 4.69) is 20.6 Å². The Bertz CT molecular complexity index is 1260. The number of piperidine rings is 1. The van der Waals surface area contributed by atoms with Gasteiger partial charge in [-0.25, -0.2) is 4.98 Å². The Morgan fingerprint density at radius 1 is 1.29 bits per heavy atom. The molecule has 0 aliphatic carbocycles. The normalized spacial score (nSPS) is 16.7. The van der Waals surface area contributed by atoms with Gasteiger partial charge >= 0.3 is 0 Å². The summed E-state index contributed by atoms with van der Waals surface area (Å²) in [5.74, 6) is 0.402. The van der Waals surface area contributed by atoms with E-state index in [-0.39, 0.29) is 35.9 Å². The lowest BCUT2D eigenvalue weighted by atomic mass is 9.97. The van der Waals surface area contributed by atoms with Crippen LogP contribution >= 0.6 is 11.3 Å². The van der Waals surface area contributed by atoms with E-state index in [0.717, 1.165) is 30.7 Å². The monoisotopic (exact) mass is 498 g/mol. The number of nitrogens with one attached hydrogen (secondary N) is 2. The predicted octanol–water partition coefficient (Wildman–Crippen LogP) is 2.09. The molecule has 1 aromatic carbocycles. The number of carbonyl (C=O) groups is 2. The number of anilines is 1. The van der Waals surface area contributed by atoms with Crippen LogP contribution in [0.5, 0.6) is 5.75 Å². The van der Waals surface area contributed by atoms with Gasteiger partial charge in [-0.15, -0.1) is 0 Å². The highest BCUT2D eigenvalue weighted by Crippen LogP contribution is 2.29. The molecule has 1 aliphatic rings. The maximum atomic E-state index is 13.1. The smallest absolute Gasteiger partial charge is 0.273 e. The van der Waals surface area contributed by atoms with Crippen molar-refractivity contribution >= 4 is 38.6 Å². The molecule has 10 nitrogen and oxygen atoms in total. The van der Waals surface area contributed by atoms with Crippen molar-refractivity contribution in [2.75, 3.05) is 31.6 Å². The van der Waals surface area contributed by atoms with E-state index in [0.29, 0.717) is 28.6 Å². The maximum Gasteiger partial charge on any atom is 0.273 e. The molecule has 3 aromatic rings. The summed E-state index contributed by atoms with van der Waals surface area (Å²) in [6, 6.07) is 7.22. The van der Waals surface area contributed by atoms with Crippen molar-refractivity contribution in [1.82, 2.24) is 25.2 Å². The Labute approximate surface area is 207 Å². The molecule has 4 rings (SSSR count). The number of fused-ring (bicyclic) bond motifs is 1. The van der Waals surface area contributed by atoms with Crippen molar-refractivity contribution in [3.63, 3.8) is 0 Å². The first-order valence-corrected chi connectivity index (χ1v) is 12.5. The van der Waals surface area contributed by atoms with Crippen molar-refractivity contribution in [2.24, 2.45) is 5.92 Å². The summed E-state index contributed by atoms with van der Waals surface area (Å²) < 4.78 is 6.87. The van der Waals surface area contributed by atoms with Gasteiger partial charge in [0.05, 0.1) is 19.1 Å². The van der Waals surface area contributed by atoms with E-state index >= 15 is 0 Å². The van der Waals surface area contributed by atoms with Crippen LogP contribution in [0.4, 0.5) is 5.13 Å². The molecule has 0 unspecified atom stereocenters. The van der Waals surface area contributed by atoms with Crippen molar-refractivity contribution in [2.45, 2.75) is 39.3 Å². The Kier molecular flexibility index (Phi) is 7.64. The van der Waals surface area contributed by atoms with E-state index < -0.39 is 0 Å². The van der Waals surface area contributed by atoms with Crippen molar-refractivity contribution < 1.29 is 14.3 Å². The summed E-state index contributed by atoms with van der Waals surface area (Å²) in [5, 5.41) is 6.48. The summed E-state index contributed by atoms with van der Waals surface area (Å²) in [4.78, 5) is 48.9. The van der Waals surface area contributed by atoms with E-state index in [1.54, 1.807) is 7.11 Å². The molecule has 11 heteroatoms. The van der Waals surface area contributed by atoms with E-state index in [1.807, 2.05) is 43.0 Å². The first-order valence-electron chi connectivity index (χ1n) is 11.7. The predicted molar refractivity (Wildman–Crippen MR) is 135 cm³/mol. The van der Waals surface area contributed by atoms with E-state index in [1.165, 1.54) is 22.2 Å². The van der Waals surface area contributed by atoms with E-state index in [4.69, 9.17) is 4.74 Å². The Morgan fingerprint density at radius 2 is 2.06 bits per heavy atom. The van der Waals surface area contributed by atoms with Crippen LogP contribution in [0.3, 0.4) is 0 Å². The number of rotatable bonds is 8. The number of thiazole rings is 1. The molecule has 2 N–H and O–H groups in total. The number of amides is 2. The second-order valence-corrected chi connectivity index (χ2v) is 9.55. The zero-order valence-corrected chi connectivity index (χ0v) is 20.9. The minimum absolute atomic E-state index is 0.0497. The third-order valence-corrected chi connectivity index (χ3v) is 7.19. The lowest BCUT2D eigenvalue weighted by molar-refractivity contribution is -0.125. The van der Waals surface area contributed by atoms with Crippen LogP contribution in [-0.4, -0.2) is 53.1 Å². The van der Waals surface area contributed by atoms with Gasteiger partial charge in [0.1, 0.15) is 23.3 Å². The molecule has 0 bridgehead atoms. The Morgan fingerprint density at radius 3 is 2.77 bits per heavy atom. The number of aromatic nitrogens is 3. The van der Waals surface area contributed by atoms with Crippen LogP contribution < -0.4 is 25.8 Å². The average Bonchev–Trinajstić information content (AvgIpc) is 3.31. The van der Waals surface area contributed by atoms with Crippen LogP contribution in [-0.2, 0) is 16.1 Å². The van der Waals surface area contributed by atoms with Crippen LogP contribution in [0, 0.1) is 5.92 Å². The molecule has 186 valence electrons. The average molecular weight is 499 g/mol. The third-order valence-electron chi connectivity index (χ3n) is 6.09.